The number of aliphatic hydroxyl groups excluding tert-OH is 1. The van der Waals surface area contributed by atoms with Gasteiger partial charge >= 0.3 is 0 Å². The van der Waals surface area contributed by atoms with Gasteiger partial charge in [0.1, 0.15) is 5.58 Å². The first-order valence-corrected chi connectivity index (χ1v) is 10.6. The minimum atomic E-state index is -0.316. The molecule has 1 aliphatic rings. The molecule has 1 aromatic heterocycles. The van der Waals surface area contributed by atoms with Crippen molar-refractivity contribution in [2.45, 2.75) is 25.8 Å². The topological polar surface area (TPSA) is 56.9 Å². The van der Waals surface area contributed by atoms with Crippen molar-refractivity contribution in [1.29, 1.82) is 0 Å². The number of rotatable bonds is 6. The summed E-state index contributed by atoms with van der Waals surface area (Å²) in [5.41, 5.74) is 2.55. The Morgan fingerprint density at radius 2 is 1.87 bits per heavy atom. The van der Waals surface area contributed by atoms with E-state index >= 15 is 0 Å². The molecule has 0 spiro atoms. The van der Waals surface area contributed by atoms with E-state index in [-0.39, 0.29) is 17.9 Å². The fourth-order valence-corrected chi connectivity index (χ4v) is 4.63. The molecule has 0 radical (unpaired) electrons. The summed E-state index contributed by atoms with van der Waals surface area (Å²) >= 11 is 0. The number of likely N-dealkylation sites (tertiary alicyclic amines) is 1. The molecule has 158 valence electrons. The molecule has 5 heteroatoms. The number of piperidine rings is 1. The van der Waals surface area contributed by atoms with E-state index in [2.05, 4.69) is 17.0 Å². The van der Waals surface area contributed by atoms with E-state index in [9.17, 15) is 9.90 Å². The van der Waals surface area contributed by atoms with Gasteiger partial charge in [0.05, 0.1) is 6.61 Å². The van der Waals surface area contributed by atoms with Crippen LogP contribution in [0.15, 0.2) is 59.0 Å². The van der Waals surface area contributed by atoms with Crippen LogP contribution in [0.25, 0.3) is 11.0 Å². The van der Waals surface area contributed by atoms with Gasteiger partial charge in [0.15, 0.2) is 5.76 Å². The number of benzene rings is 2. The highest BCUT2D eigenvalue weighted by Gasteiger charge is 2.38. The smallest absolute Gasteiger partial charge is 0.289 e. The first-order valence-electron chi connectivity index (χ1n) is 10.6. The lowest BCUT2D eigenvalue weighted by Gasteiger charge is -2.41. The molecule has 2 aromatic carbocycles. The molecule has 1 fully saturated rings. The van der Waals surface area contributed by atoms with Crippen LogP contribution in [0, 0.1) is 5.41 Å². The number of hydrogen-bond donors (Lipinski definition) is 1. The molecule has 0 aliphatic carbocycles. The fourth-order valence-electron chi connectivity index (χ4n) is 4.63. The van der Waals surface area contributed by atoms with Gasteiger partial charge in [-0.3, -0.25) is 4.79 Å². The Balaban J connectivity index is 1.63. The van der Waals surface area contributed by atoms with Crippen LogP contribution < -0.4 is 0 Å². The maximum Gasteiger partial charge on any atom is 0.289 e. The van der Waals surface area contributed by atoms with Crippen molar-refractivity contribution in [3.05, 3.63) is 71.5 Å². The second-order valence-corrected chi connectivity index (χ2v) is 8.79. The summed E-state index contributed by atoms with van der Waals surface area (Å²) < 4.78 is 6.05. The number of aliphatic hydroxyl groups is 1. The molecule has 1 atom stereocenters. The van der Waals surface area contributed by atoms with E-state index in [1.807, 2.05) is 61.5 Å². The summed E-state index contributed by atoms with van der Waals surface area (Å²) in [6, 6.07) is 18.0. The first kappa shape index (κ1) is 20.6. The maximum atomic E-state index is 13.6. The first-order chi connectivity index (χ1) is 14.5. The lowest BCUT2D eigenvalue weighted by atomic mass is 9.75. The van der Waals surface area contributed by atoms with Gasteiger partial charge in [-0.1, -0.05) is 48.5 Å². The Morgan fingerprint density at radius 3 is 2.60 bits per heavy atom. The van der Waals surface area contributed by atoms with Crippen LogP contribution >= 0.6 is 0 Å². The number of nitrogens with zero attached hydrogens (tertiary/aromatic N) is 2. The van der Waals surface area contributed by atoms with Crippen molar-refractivity contribution in [2.24, 2.45) is 5.41 Å². The van der Waals surface area contributed by atoms with Gasteiger partial charge in [0.2, 0.25) is 0 Å². The zero-order valence-electron chi connectivity index (χ0n) is 17.8. The fraction of sp³-hybridized carbons (Fsp3) is 0.400. The largest absolute Gasteiger partial charge is 0.451 e. The molecular formula is C25H30N2O3. The monoisotopic (exact) mass is 406 g/mol. The molecule has 0 bridgehead atoms. The van der Waals surface area contributed by atoms with Gasteiger partial charge in [-0.15, -0.1) is 0 Å². The number of hydrogen-bond acceptors (Lipinski definition) is 4. The van der Waals surface area contributed by atoms with Crippen LogP contribution in [0.3, 0.4) is 0 Å². The van der Waals surface area contributed by atoms with Crippen molar-refractivity contribution >= 4 is 16.9 Å². The molecule has 3 aromatic rings. The quantitative estimate of drug-likeness (QED) is 0.673. The molecule has 1 aliphatic heterocycles. The van der Waals surface area contributed by atoms with Gasteiger partial charge in [-0.2, -0.15) is 0 Å². The molecule has 5 nitrogen and oxygen atoms in total. The highest BCUT2D eigenvalue weighted by atomic mass is 16.3. The Hall–Kier alpha value is -2.63. The molecule has 1 unspecified atom stereocenters. The van der Waals surface area contributed by atoms with E-state index in [0.29, 0.717) is 25.4 Å². The summed E-state index contributed by atoms with van der Waals surface area (Å²) in [7, 11) is 3.99. The third-order valence-corrected chi connectivity index (χ3v) is 6.07. The van der Waals surface area contributed by atoms with Gasteiger partial charge in [0.25, 0.3) is 5.91 Å². The third kappa shape index (κ3) is 4.13. The number of fused-ring (bicyclic) bond motifs is 1. The van der Waals surface area contributed by atoms with Gasteiger partial charge in [0, 0.05) is 36.0 Å². The zero-order valence-corrected chi connectivity index (χ0v) is 17.8. The average molecular weight is 407 g/mol. The second-order valence-electron chi connectivity index (χ2n) is 8.79. The van der Waals surface area contributed by atoms with Crippen molar-refractivity contribution in [3.63, 3.8) is 0 Å². The SMILES string of the molecule is CN(C)Cc1c(C(=O)N2CCCC(CO)(Cc3ccccc3)C2)oc2ccccc12. The summed E-state index contributed by atoms with van der Waals surface area (Å²) in [6.07, 6.45) is 2.55. The predicted octanol–water partition coefficient (Wildman–Crippen LogP) is 3.95. The molecule has 4 rings (SSSR count). The maximum absolute atomic E-state index is 13.6. The highest BCUT2D eigenvalue weighted by molar-refractivity contribution is 5.99. The van der Waals surface area contributed by atoms with Crippen molar-refractivity contribution in [1.82, 2.24) is 9.80 Å². The molecule has 2 heterocycles. The molecule has 1 saturated heterocycles. The lowest BCUT2D eigenvalue weighted by molar-refractivity contribution is 0.0253. The standard InChI is InChI=1S/C25H30N2O3/c1-26(2)16-21-20-11-6-7-12-22(20)30-23(21)24(29)27-14-8-13-25(17-27,18-28)15-19-9-4-3-5-10-19/h3-7,9-12,28H,8,13-18H2,1-2H3. The number of para-hydroxylation sites is 1. The summed E-state index contributed by atoms with van der Waals surface area (Å²) in [5, 5.41) is 11.3. The van der Waals surface area contributed by atoms with E-state index in [4.69, 9.17) is 4.42 Å². The van der Waals surface area contributed by atoms with Crippen LogP contribution in [0.1, 0.15) is 34.5 Å². The third-order valence-electron chi connectivity index (χ3n) is 6.07. The highest BCUT2D eigenvalue weighted by Crippen LogP contribution is 2.35. The van der Waals surface area contributed by atoms with Crippen LogP contribution in [0.2, 0.25) is 0 Å². The van der Waals surface area contributed by atoms with E-state index in [0.717, 1.165) is 35.8 Å². The normalized spacial score (nSPS) is 19.5. The Bertz CT molecular complexity index is 1010. The average Bonchev–Trinajstić information content (AvgIpc) is 3.12. The van der Waals surface area contributed by atoms with Crippen LogP contribution in [-0.4, -0.2) is 54.6 Å². The van der Waals surface area contributed by atoms with Crippen LogP contribution in [0.5, 0.6) is 0 Å². The molecule has 1 N–H and O–H groups in total. The van der Waals surface area contributed by atoms with E-state index in [1.165, 1.54) is 5.56 Å². The van der Waals surface area contributed by atoms with Crippen LogP contribution in [0.4, 0.5) is 0 Å². The number of carbonyl (C=O) groups is 1. The number of carbonyl (C=O) groups excluding carboxylic acids is 1. The second kappa shape index (κ2) is 8.62. The van der Waals surface area contributed by atoms with E-state index in [1.54, 1.807) is 0 Å². The van der Waals surface area contributed by atoms with Crippen molar-refractivity contribution in [3.8, 4) is 0 Å². The number of furan rings is 1. The molecule has 1 amide bonds. The summed E-state index contributed by atoms with van der Waals surface area (Å²) in [4.78, 5) is 17.5. The summed E-state index contributed by atoms with van der Waals surface area (Å²) in [5.74, 6) is 0.354. The summed E-state index contributed by atoms with van der Waals surface area (Å²) in [6.45, 7) is 1.93. The lowest BCUT2D eigenvalue weighted by Crippen LogP contribution is -2.49. The van der Waals surface area contributed by atoms with Gasteiger partial charge in [-0.25, -0.2) is 0 Å². The minimum absolute atomic E-state index is 0.0658. The minimum Gasteiger partial charge on any atom is -0.451 e. The molecule has 30 heavy (non-hydrogen) atoms. The Labute approximate surface area is 177 Å². The van der Waals surface area contributed by atoms with Gasteiger partial charge in [-0.05, 0) is 45.0 Å². The molecular weight excluding hydrogens is 376 g/mol. The Kier molecular flexibility index (Phi) is 5.93. The predicted molar refractivity (Wildman–Crippen MR) is 118 cm³/mol. The van der Waals surface area contributed by atoms with E-state index < -0.39 is 0 Å². The van der Waals surface area contributed by atoms with Crippen LogP contribution in [-0.2, 0) is 13.0 Å². The van der Waals surface area contributed by atoms with Gasteiger partial charge < -0.3 is 19.3 Å². The number of amides is 1. The van der Waals surface area contributed by atoms with Crippen molar-refractivity contribution in [2.75, 3.05) is 33.8 Å². The van der Waals surface area contributed by atoms with Crippen molar-refractivity contribution < 1.29 is 14.3 Å². The molecule has 0 saturated carbocycles. The zero-order chi connectivity index (χ0) is 21.1. The Morgan fingerprint density at radius 1 is 1.13 bits per heavy atom.